The molecule has 134 valence electrons. The molecule has 0 aliphatic heterocycles. The molecule has 6 nitrogen and oxygen atoms in total. The van der Waals surface area contributed by atoms with Gasteiger partial charge in [0.25, 0.3) is 5.91 Å². The number of hydrogen-bond acceptors (Lipinski definition) is 5. The highest BCUT2D eigenvalue weighted by Crippen LogP contribution is 2.28. The highest BCUT2D eigenvalue weighted by molar-refractivity contribution is 6.33. The molecule has 3 N–H and O–H groups in total. The molecule has 2 aromatic rings. The van der Waals surface area contributed by atoms with Gasteiger partial charge in [0.15, 0.2) is 0 Å². The molecule has 7 heteroatoms. The molecular formula is C18H21ClN2O4. The lowest BCUT2D eigenvalue weighted by atomic mass is 10.1. The van der Waals surface area contributed by atoms with Crippen LogP contribution in [0.25, 0.3) is 0 Å². The minimum absolute atomic E-state index is 0.275. The van der Waals surface area contributed by atoms with Gasteiger partial charge in [-0.3, -0.25) is 4.79 Å². The summed E-state index contributed by atoms with van der Waals surface area (Å²) in [5.74, 6) is 1.63. The van der Waals surface area contributed by atoms with Crippen molar-refractivity contribution in [3.8, 4) is 17.2 Å². The van der Waals surface area contributed by atoms with Crippen LogP contribution in [-0.4, -0.2) is 33.3 Å². The average molecular weight is 365 g/mol. The van der Waals surface area contributed by atoms with Gasteiger partial charge in [-0.1, -0.05) is 11.6 Å². The summed E-state index contributed by atoms with van der Waals surface area (Å²) in [6.07, 6.45) is 0.656. The van der Waals surface area contributed by atoms with Gasteiger partial charge in [0.2, 0.25) is 0 Å². The predicted octanol–water partition coefficient (Wildman–Crippen LogP) is 3.14. The normalized spacial score (nSPS) is 10.2. The molecule has 0 aliphatic carbocycles. The van der Waals surface area contributed by atoms with Crippen LogP contribution in [0.4, 0.5) is 5.69 Å². The molecule has 0 aromatic heterocycles. The lowest BCUT2D eigenvalue weighted by Gasteiger charge is -2.11. The molecule has 2 rings (SSSR count). The van der Waals surface area contributed by atoms with Crippen LogP contribution in [0.1, 0.15) is 16.8 Å². The molecule has 2 aromatic carbocycles. The number of hydrogen-bond donors (Lipinski definition) is 2. The summed E-state index contributed by atoms with van der Waals surface area (Å²) in [5, 5.41) is 3.12. The van der Waals surface area contributed by atoms with E-state index in [1.807, 2.05) is 24.3 Å². The van der Waals surface area contributed by atoms with Crippen LogP contribution in [0.2, 0.25) is 5.02 Å². The Morgan fingerprint density at radius 2 is 1.80 bits per heavy atom. The molecular weight excluding hydrogens is 344 g/mol. The average Bonchev–Trinajstić information content (AvgIpc) is 2.63. The number of methoxy groups -OCH3 is 2. The maximum atomic E-state index is 12.2. The number of amides is 1. The monoisotopic (exact) mass is 364 g/mol. The molecule has 0 saturated carbocycles. The Morgan fingerprint density at radius 1 is 1.12 bits per heavy atom. The van der Waals surface area contributed by atoms with Gasteiger partial charge in [-0.05, 0) is 36.8 Å². The molecule has 0 heterocycles. The standard InChI is InChI=1S/C18H21ClN2O4/c1-23-12-4-6-13(7-5-12)25-9-3-8-21-18(22)14-10-15(19)16(20)11-17(14)24-2/h4-7,10-11H,3,8-9,20H2,1-2H3,(H,21,22). The smallest absolute Gasteiger partial charge is 0.255 e. The number of nitrogens with two attached hydrogens (primary N) is 1. The highest BCUT2D eigenvalue weighted by Gasteiger charge is 2.14. The first-order valence-corrected chi connectivity index (χ1v) is 8.11. The molecule has 0 radical (unpaired) electrons. The largest absolute Gasteiger partial charge is 0.497 e. The maximum absolute atomic E-state index is 12.2. The van der Waals surface area contributed by atoms with Crippen molar-refractivity contribution in [1.29, 1.82) is 0 Å². The number of carbonyl (C=O) groups excluding carboxylic acids is 1. The Morgan fingerprint density at radius 3 is 2.44 bits per heavy atom. The van der Waals surface area contributed by atoms with Crippen LogP contribution in [0.3, 0.4) is 0 Å². The number of ether oxygens (including phenoxy) is 3. The first-order valence-electron chi connectivity index (χ1n) is 7.73. The number of nitrogens with one attached hydrogen (secondary N) is 1. The van der Waals surface area contributed by atoms with E-state index in [4.69, 9.17) is 31.5 Å². The van der Waals surface area contributed by atoms with Crippen LogP contribution in [0.15, 0.2) is 36.4 Å². The van der Waals surface area contributed by atoms with Gasteiger partial charge >= 0.3 is 0 Å². The van der Waals surface area contributed by atoms with Gasteiger partial charge in [-0.25, -0.2) is 0 Å². The van der Waals surface area contributed by atoms with E-state index >= 15 is 0 Å². The Balaban J connectivity index is 1.79. The van der Waals surface area contributed by atoms with E-state index in [9.17, 15) is 4.79 Å². The number of anilines is 1. The molecule has 1 amide bonds. The van der Waals surface area contributed by atoms with Crippen LogP contribution >= 0.6 is 11.6 Å². The number of nitrogen functional groups attached to an aromatic ring is 1. The van der Waals surface area contributed by atoms with E-state index in [-0.39, 0.29) is 5.91 Å². The van der Waals surface area contributed by atoms with Crippen molar-refractivity contribution in [3.63, 3.8) is 0 Å². The van der Waals surface area contributed by atoms with Crippen molar-refractivity contribution >= 4 is 23.2 Å². The van der Waals surface area contributed by atoms with Gasteiger partial charge in [-0.15, -0.1) is 0 Å². The van der Waals surface area contributed by atoms with Gasteiger partial charge < -0.3 is 25.3 Å². The summed E-state index contributed by atoms with van der Waals surface area (Å²) in [5.41, 5.74) is 6.42. The summed E-state index contributed by atoms with van der Waals surface area (Å²) in [6, 6.07) is 10.3. The van der Waals surface area contributed by atoms with Gasteiger partial charge in [-0.2, -0.15) is 0 Å². The quantitative estimate of drug-likeness (QED) is 0.555. The van der Waals surface area contributed by atoms with Crippen molar-refractivity contribution < 1.29 is 19.0 Å². The second kappa shape index (κ2) is 9.03. The fourth-order valence-electron chi connectivity index (χ4n) is 2.15. The molecule has 0 fully saturated rings. The van der Waals surface area contributed by atoms with Crippen molar-refractivity contribution in [1.82, 2.24) is 5.32 Å². The first kappa shape index (κ1) is 18.7. The van der Waals surface area contributed by atoms with Gasteiger partial charge in [0.05, 0.1) is 37.1 Å². The molecule has 25 heavy (non-hydrogen) atoms. The molecule has 0 bridgehead atoms. The minimum Gasteiger partial charge on any atom is -0.497 e. The van der Waals surface area contributed by atoms with E-state index < -0.39 is 0 Å². The van der Waals surface area contributed by atoms with Crippen LogP contribution < -0.4 is 25.3 Å². The topological polar surface area (TPSA) is 82.8 Å². The Bertz CT molecular complexity index is 720. The molecule has 0 aliphatic rings. The van der Waals surface area contributed by atoms with Crippen molar-refractivity contribution in [2.45, 2.75) is 6.42 Å². The molecule has 0 saturated heterocycles. The third-order valence-electron chi connectivity index (χ3n) is 3.50. The summed E-state index contributed by atoms with van der Waals surface area (Å²) in [4.78, 5) is 12.2. The summed E-state index contributed by atoms with van der Waals surface area (Å²) < 4.78 is 15.9. The van der Waals surface area contributed by atoms with E-state index in [0.29, 0.717) is 41.6 Å². The second-order valence-electron chi connectivity index (χ2n) is 5.21. The lowest BCUT2D eigenvalue weighted by molar-refractivity contribution is 0.0948. The summed E-state index contributed by atoms with van der Waals surface area (Å²) in [7, 11) is 3.09. The fourth-order valence-corrected chi connectivity index (χ4v) is 2.31. The molecule has 0 spiro atoms. The number of halogens is 1. The minimum atomic E-state index is -0.275. The highest BCUT2D eigenvalue weighted by atomic mass is 35.5. The van der Waals surface area contributed by atoms with E-state index in [0.717, 1.165) is 11.5 Å². The van der Waals surface area contributed by atoms with E-state index in [1.54, 1.807) is 7.11 Å². The number of rotatable bonds is 8. The summed E-state index contributed by atoms with van der Waals surface area (Å²) in [6.45, 7) is 0.937. The number of carbonyl (C=O) groups is 1. The van der Waals surface area contributed by atoms with Crippen LogP contribution in [0.5, 0.6) is 17.2 Å². The molecule has 0 atom stereocenters. The lowest BCUT2D eigenvalue weighted by Crippen LogP contribution is -2.26. The number of benzene rings is 2. The van der Waals surface area contributed by atoms with Crippen molar-refractivity contribution in [2.24, 2.45) is 0 Å². The van der Waals surface area contributed by atoms with E-state index in [1.165, 1.54) is 19.2 Å². The summed E-state index contributed by atoms with van der Waals surface area (Å²) >= 11 is 5.97. The third kappa shape index (κ3) is 5.19. The van der Waals surface area contributed by atoms with Crippen molar-refractivity contribution in [3.05, 3.63) is 47.0 Å². The van der Waals surface area contributed by atoms with Gasteiger partial charge in [0.1, 0.15) is 17.2 Å². The zero-order chi connectivity index (χ0) is 18.2. The van der Waals surface area contributed by atoms with Gasteiger partial charge in [0, 0.05) is 12.6 Å². The molecule has 0 unspecified atom stereocenters. The zero-order valence-electron chi connectivity index (χ0n) is 14.2. The fraction of sp³-hybridized carbons (Fsp3) is 0.278. The Kier molecular flexibility index (Phi) is 6.77. The SMILES string of the molecule is COc1ccc(OCCCNC(=O)c2cc(Cl)c(N)cc2OC)cc1. The van der Waals surface area contributed by atoms with Crippen LogP contribution in [-0.2, 0) is 0 Å². The van der Waals surface area contributed by atoms with E-state index in [2.05, 4.69) is 5.32 Å². The van der Waals surface area contributed by atoms with Crippen molar-refractivity contribution in [2.75, 3.05) is 33.1 Å². The Labute approximate surface area is 151 Å². The third-order valence-corrected chi connectivity index (χ3v) is 3.83. The second-order valence-corrected chi connectivity index (χ2v) is 5.61. The zero-order valence-corrected chi connectivity index (χ0v) is 14.9. The first-order chi connectivity index (χ1) is 12.0. The predicted molar refractivity (Wildman–Crippen MR) is 97.9 cm³/mol. The Hall–Kier alpha value is -2.60. The van der Waals surface area contributed by atoms with Crippen LogP contribution in [0, 0.1) is 0 Å². The maximum Gasteiger partial charge on any atom is 0.255 e.